The number of hydrogen-bond donors (Lipinski definition) is 2. The van der Waals surface area contributed by atoms with Gasteiger partial charge in [0.25, 0.3) is 5.91 Å². The first-order valence-electron chi connectivity index (χ1n) is 13.5. The molecule has 2 amide bonds. The van der Waals surface area contributed by atoms with Crippen molar-refractivity contribution in [3.05, 3.63) is 87.4 Å². The van der Waals surface area contributed by atoms with E-state index in [0.29, 0.717) is 61.1 Å². The number of primary amides is 1. The second-order valence-electron chi connectivity index (χ2n) is 10.7. The lowest BCUT2D eigenvalue weighted by molar-refractivity contribution is -0.126. The Balaban J connectivity index is 1.48. The lowest BCUT2D eigenvalue weighted by atomic mass is 9.71. The number of piperidine rings is 1. The van der Waals surface area contributed by atoms with Crippen molar-refractivity contribution in [3.63, 3.8) is 0 Å². The number of halogens is 2. The molecule has 0 radical (unpaired) electrons. The fourth-order valence-corrected chi connectivity index (χ4v) is 6.68. The molecule has 3 N–H and O–H groups in total. The molecule has 216 valence electrons. The highest BCUT2D eigenvalue weighted by Crippen LogP contribution is 2.46. The smallest absolute Gasteiger partial charge is 0.254 e. The number of nitrogens with two attached hydrogens (primary N) is 1. The van der Waals surface area contributed by atoms with E-state index in [0.717, 1.165) is 11.1 Å². The first kappa shape index (κ1) is 29.0. The van der Waals surface area contributed by atoms with Gasteiger partial charge in [-0.05, 0) is 54.7 Å². The molecule has 1 unspecified atom stereocenters. The van der Waals surface area contributed by atoms with Crippen molar-refractivity contribution in [3.8, 4) is 17.2 Å². The minimum Gasteiger partial charge on any atom is -0.502 e. The van der Waals surface area contributed by atoms with E-state index < -0.39 is 11.0 Å². The minimum absolute atomic E-state index is 0.155. The van der Waals surface area contributed by atoms with Crippen LogP contribution in [0.5, 0.6) is 17.2 Å². The first-order valence-corrected chi connectivity index (χ1v) is 14.2. The normalized spacial score (nSPS) is 20.5. The Morgan fingerprint density at radius 2 is 1.49 bits per heavy atom. The van der Waals surface area contributed by atoms with Crippen LogP contribution in [0.3, 0.4) is 0 Å². The first-order chi connectivity index (χ1) is 19.6. The number of hydrogen-bond acceptors (Lipinski definition) is 6. The lowest BCUT2D eigenvalue weighted by Crippen LogP contribution is -2.57. The molecular weight excluding hydrogens is 565 g/mol. The Labute approximate surface area is 249 Å². The van der Waals surface area contributed by atoms with Gasteiger partial charge in [-0.3, -0.25) is 14.5 Å². The van der Waals surface area contributed by atoms with Crippen molar-refractivity contribution in [2.45, 2.75) is 30.2 Å². The molecule has 0 saturated carbocycles. The molecule has 3 aromatic rings. The van der Waals surface area contributed by atoms with Gasteiger partial charge in [0.1, 0.15) is 0 Å². The Kier molecular flexibility index (Phi) is 8.10. The minimum atomic E-state index is -0.760. The number of nitrogens with zero attached hydrogens (tertiary/aromatic N) is 2. The van der Waals surface area contributed by atoms with Crippen LogP contribution in [0, 0.1) is 0 Å². The Bertz CT molecular complexity index is 1430. The zero-order chi connectivity index (χ0) is 29.4. The van der Waals surface area contributed by atoms with Crippen molar-refractivity contribution < 1.29 is 24.2 Å². The zero-order valence-corrected chi connectivity index (χ0v) is 24.5. The van der Waals surface area contributed by atoms with Crippen molar-refractivity contribution in [2.24, 2.45) is 5.73 Å². The van der Waals surface area contributed by atoms with E-state index in [9.17, 15) is 14.7 Å². The number of amides is 2. The molecule has 2 heterocycles. The number of ether oxygens (including phenoxy) is 2. The third-order valence-corrected chi connectivity index (χ3v) is 9.48. The van der Waals surface area contributed by atoms with E-state index in [-0.39, 0.29) is 29.1 Å². The predicted molar refractivity (Wildman–Crippen MR) is 158 cm³/mol. The van der Waals surface area contributed by atoms with E-state index in [1.54, 1.807) is 11.0 Å². The van der Waals surface area contributed by atoms with Crippen LogP contribution >= 0.6 is 23.2 Å². The van der Waals surface area contributed by atoms with E-state index in [1.807, 2.05) is 42.5 Å². The number of carbonyl (C=O) groups excluding carboxylic acids is 2. The number of methoxy groups -OCH3 is 2. The summed E-state index contributed by atoms with van der Waals surface area (Å²) in [5.74, 6) is -0.394. The number of rotatable bonds is 7. The molecule has 2 aliphatic heterocycles. The van der Waals surface area contributed by atoms with E-state index in [4.69, 9.17) is 38.4 Å². The molecule has 2 saturated heterocycles. The second-order valence-corrected chi connectivity index (χ2v) is 11.5. The molecule has 5 rings (SSSR count). The Morgan fingerprint density at radius 3 is 2.05 bits per heavy atom. The van der Waals surface area contributed by atoms with Gasteiger partial charge >= 0.3 is 0 Å². The van der Waals surface area contributed by atoms with Crippen LogP contribution < -0.4 is 15.2 Å². The van der Waals surface area contributed by atoms with Crippen molar-refractivity contribution >= 4 is 35.0 Å². The molecular formula is C31H33Cl2N3O5. The van der Waals surface area contributed by atoms with Gasteiger partial charge in [0.15, 0.2) is 11.5 Å². The van der Waals surface area contributed by atoms with Crippen LogP contribution in [0.25, 0.3) is 0 Å². The third-order valence-electron chi connectivity index (χ3n) is 8.74. The molecule has 2 fully saturated rings. The molecule has 41 heavy (non-hydrogen) atoms. The number of carbonyl (C=O) groups is 2. The summed E-state index contributed by atoms with van der Waals surface area (Å²) in [7, 11) is 2.84. The second kappa shape index (κ2) is 11.4. The van der Waals surface area contributed by atoms with E-state index in [1.165, 1.54) is 26.4 Å². The summed E-state index contributed by atoms with van der Waals surface area (Å²) in [6.07, 6.45) is 1.75. The predicted octanol–water partition coefficient (Wildman–Crippen LogP) is 4.98. The number of phenolic OH excluding ortho intramolecular Hbond substituents is 1. The van der Waals surface area contributed by atoms with Crippen molar-refractivity contribution in [1.82, 2.24) is 9.80 Å². The summed E-state index contributed by atoms with van der Waals surface area (Å²) in [5.41, 5.74) is 6.92. The van der Waals surface area contributed by atoms with Gasteiger partial charge in [-0.25, -0.2) is 0 Å². The quantitative estimate of drug-likeness (QED) is 0.398. The number of aromatic hydroxyl groups is 1. The average molecular weight is 599 g/mol. The molecule has 0 bridgehead atoms. The number of likely N-dealkylation sites (tertiary alicyclic amines) is 2. The van der Waals surface area contributed by atoms with Crippen LogP contribution in [0.1, 0.15) is 40.7 Å². The zero-order valence-electron chi connectivity index (χ0n) is 23.0. The molecule has 0 aliphatic carbocycles. The fraction of sp³-hybridized carbons (Fsp3) is 0.355. The molecule has 0 aromatic heterocycles. The van der Waals surface area contributed by atoms with Gasteiger partial charge in [-0.15, -0.1) is 0 Å². The highest BCUT2D eigenvalue weighted by molar-refractivity contribution is 6.42. The maximum atomic E-state index is 13.8. The fourth-order valence-electron chi connectivity index (χ4n) is 6.38. The molecule has 1 atom stereocenters. The standard InChI is InChI=1S/C31H33Cl2N3O5/c1-40-25-16-20(17-26(41-2)27(25)37)28(38)35-13-12-31(19-35,22-8-9-23(32)24(33)18-22)36-14-10-30(11-15-36,29(34)39)21-6-4-3-5-7-21/h3-9,16-18,37H,10-15,19H2,1-2H3,(H2,34,39). The monoisotopic (exact) mass is 597 g/mol. The van der Waals surface area contributed by atoms with Gasteiger partial charge in [0.2, 0.25) is 11.7 Å². The summed E-state index contributed by atoms with van der Waals surface area (Å²) >= 11 is 12.8. The van der Waals surface area contributed by atoms with Crippen LogP contribution in [0.2, 0.25) is 10.0 Å². The van der Waals surface area contributed by atoms with Crippen LogP contribution in [-0.4, -0.2) is 67.1 Å². The van der Waals surface area contributed by atoms with Gasteiger partial charge < -0.3 is 25.2 Å². The van der Waals surface area contributed by atoms with Crippen molar-refractivity contribution in [2.75, 3.05) is 40.4 Å². The molecule has 2 aliphatic rings. The van der Waals surface area contributed by atoms with Crippen molar-refractivity contribution in [1.29, 1.82) is 0 Å². The highest BCUT2D eigenvalue weighted by atomic mass is 35.5. The SMILES string of the molecule is COc1cc(C(=O)N2CCC(c3ccc(Cl)c(Cl)c3)(N3CCC(C(N)=O)(c4ccccc4)CC3)C2)cc(OC)c1O. The van der Waals surface area contributed by atoms with Crippen LogP contribution in [0.4, 0.5) is 0 Å². The largest absolute Gasteiger partial charge is 0.502 e. The lowest BCUT2D eigenvalue weighted by Gasteiger charge is -2.48. The topological polar surface area (TPSA) is 105 Å². The van der Waals surface area contributed by atoms with E-state index >= 15 is 0 Å². The summed E-state index contributed by atoms with van der Waals surface area (Å²) in [6.45, 7) is 2.08. The van der Waals surface area contributed by atoms with Gasteiger partial charge in [0, 0.05) is 31.7 Å². The Morgan fingerprint density at radius 1 is 0.854 bits per heavy atom. The van der Waals surface area contributed by atoms with Crippen LogP contribution in [0.15, 0.2) is 60.7 Å². The van der Waals surface area contributed by atoms with Gasteiger partial charge in [-0.1, -0.05) is 59.6 Å². The Hall–Kier alpha value is -3.46. The summed E-state index contributed by atoms with van der Waals surface area (Å²) in [4.78, 5) is 30.8. The van der Waals surface area contributed by atoms with Gasteiger partial charge in [0.05, 0.1) is 35.2 Å². The third kappa shape index (κ3) is 5.09. The van der Waals surface area contributed by atoms with Gasteiger partial charge in [-0.2, -0.15) is 0 Å². The summed E-state index contributed by atoms with van der Waals surface area (Å²) in [5, 5.41) is 11.2. The highest BCUT2D eigenvalue weighted by Gasteiger charge is 2.50. The number of phenols is 1. The molecule has 10 heteroatoms. The molecule has 3 aromatic carbocycles. The van der Waals surface area contributed by atoms with Crippen LogP contribution in [-0.2, 0) is 15.7 Å². The number of benzene rings is 3. The molecule has 8 nitrogen and oxygen atoms in total. The average Bonchev–Trinajstić information content (AvgIpc) is 3.45. The summed E-state index contributed by atoms with van der Waals surface area (Å²) in [6, 6.07) is 18.4. The van der Waals surface area contributed by atoms with E-state index in [2.05, 4.69) is 4.90 Å². The maximum absolute atomic E-state index is 13.8. The molecule has 0 spiro atoms. The summed E-state index contributed by atoms with van der Waals surface area (Å²) < 4.78 is 10.5. The maximum Gasteiger partial charge on any atom is 0.254 e.